The van der Waals surface area contributed by atoms with Crippen molar-refractivity contribution in [3.8, 4) is 0 Å². The Morgan fingerprint density at radius 2 is 1.91 bits per heavy atom. The van der Waals surface area contributed by atoms with Gasteiger partial charge >= 0.3 is 0 Å². The summed E-state index contributed by atoms with van der Waals surface area (Å²) in [4.78, 5) is 12.2. The number of carbonyl (C=O) groups excluding carboxylic acids is 1. The van der Waals surface area contributed by atoms with Gasteiger partial charge in [0.15, 0.2) is 17.5 Å². The third-order valence-electron chi connectivity index (χ3n) is 2.71. The lowest BCUT2D eigenvalue weighted by molar-refractivity contribution is -0.115. The van der Waals surface area contributed by atoms with Gasteiger partial charge in [0.05, 0.1) is 10.7 Å². The molecule has 7 heteroatoms. The van der Waals surface area contributed by atoms with Gasteiger partial charge in [0.1, 0.15) is 0 Å². The van der Waals surface area contributed by atoms with Crippen LogP contribution in [0, 0.1) is 17.5 Å². The molecule has 2 aromatic carbocycles. The quantitative estimate of drug-likeness (QED) is 0.783. The summed E-state index contributed by atoms with van der Waals surface area (Å²) in [5, 5.41) is 2.34. The van der Waals surface area contributed by atoms with Gasteiger partial charge in [-0.25, -0.2) is 13.2 Å². The molecule has 0 radical (unpaired) electrons. The minimum Gasteiger partial charge on any atom is -0.324 e. The zero-order chi connectivity index (χ0) is 16.1. The number of amides is 1. The van der Waals surface area contributed by atoms with Crippen LogP contribution in [0.25, 0.3) is 0 Å². The summed E-state index contributed by atoms with van der Waals surface area (Å²) in [5.41, 5.74) is 0.00956. The molecular weight excluding hydrogens is 335 g/mol. The lowest BCUT2D eigenvalue weighted by atomic mass is 10.3. The molecule has 0 fully saturated rings. The minimum atomic E-state index is -0.935. The topological polar surface area (TPSA) is 29.1 Å². The van der Waals surface area contributed by atoms with Gasteiger partial charge in [-0.05, 0) is 30.3 Å². The number of carbonyl (C=O) groups is 1. The van der Waals surface area contributed by atoms with E-state index in [1.165, 1.54) is 36.0 Å². The monoisotopic (exact) mass is 345 g/mol. The molecule has 0 aliphatic rings. The first-order valence-corrected chi connectivity index (χ1v) is 7.65. The largest absolute Gasteiger partial charge is 0.324 e. The molecule has 2 aromatic rings. The third-order valence-corrected chi connectivity index (χ3v) is 4.00. The van der Waals surface area contributed by atoms with Crippen molar-refractivity contribution in [2.45, 2.75) is 11.3 Å². The van der Waals surface area contributed by atoms with Gasteiger partial charge in [-0.3, -0.25) is 4.79 Å². The number of anilines is 1. The van der Waals surface area contributed by atoms with Crippen LogP contribution in [0.2, 0.25) is 5.02 Å². The first kappa shape index (κ1) is 16.7. The van der Waals surface area contributed by atoms with Crippen molar-refractivity contribution in [1.82, 2.24) is 0 Å². The highest BCUT2D eigenvalue weighted by molar-refractivity contribution is 7.99. The molecule has 0 saturated heterocycles. The number of halogens is 4. The highest BCUT2D eigenvalue weighted by Crippen LogP contribution is 2.23. The fraction of sp³-hybridized carbons (Fsp3) is 0.133. The smallest absolute Gasteiger partial charge is 0.225 e. The number of thioether (sulfide) groups is 1. The minimum absolute atomic E-state index is 0.00956. The van der Waals surface area contributed by atoms with Gasteiger partial charge in [-0.2, -0.15) is 0 Å². The normalized spacial score (nSPS) is 10.5. The van der Waals surface area contributed by atoms with E-state index >= 15 is 0 Å². The van der Waals surface area contributed by atoms with E-state index in [0.29, 0.717) is 10.6 Å². The molecule has 0 atom stereocenters. The molecular formula is C15H11ClF3NOS. The Hall–Kier alpha value is -1.66. The maximum atomic E-state index is 13.6. The standard InChI is InChI=1S/C15H11ClF3NOS/c16-10-2-1-3-13(15(10)19)20-14(21)6-7-22-9-4-5-11(17)12(18)8-9/h1-5,8H,6-7H2,(H,20,21). The number of hydrogen-bond acceptors (Lipinski definition) is 2. The lowest BCUT2D eigenvalue weighted by Gasteiger charge is -2.07. The van der Waals surface area contributed by atoms with Crippen molar-refractivity contribution in [3.05, 3.63) is 58.9 Å². The molecule has 116 valence electrons. The summed E-state index contributed by atoms with van der Waals surface area (Å²) in [5.74, 6) is -2.59. The van der Waals surface area contributed by atoms with Crippen LogP contribution in [0.5, 0.6) is 0 Å². The van der Waals surface area contributed by atoms with Gasteiger partial charge in [-0.1, -0.05) is 17.7 Å². The number of benzene rings is 2. The van der Waals surface area contributed by atoms with Gasteiger partial charge in [0.25, 0.3) is 0 Å². The van der Waals surface area contributed by atoms with Gasteiger partial charge in [0.2, 0.25) is 5.91 Å². The first-order chi connectivity index (χ1) is 10.5. The average Bonchev–Trinajstić information content (AvgIpc) is 2.48. The molecule has 1 amide bonds. The van der Waals surface area contributed by atoms with E-state index in [0.717, 1.165) is 12.1 Å². The van der Waals surface area contributed by atoms with E-state index in [-0.39, 0.29) is 17.1 Å². The SMILES string of the molecule is O=C(CCSc1ccc(F)c(F)c1)Nc1cccc(Cl)c1F. The van der Waals surface area contributed by atoms with Gasteiger partial charge in [0, 0.05) is 17.1 Å². The summed E-state index contributed by atoms with van der Waals surface area (Å²) in [7, 11) is 0. The molecule has 0 aliphatic heterocycles. The predicted molar refractivity (Wildman–Crippen MR) is 81.7 cm³/mol. The number of nitrogens with one attached hydrogen (secondary N) is 1. The molecule has 0 aliphatic carbocycles. The van der Waals surface area contributed by atoms with Crippen LogP contribution in [0.15, 0.2) is 41.3 Å². The van der Waals surface area contributed by atoms with Crippen LogP contribution < -0.4 is 5.32 Å². The lowest BCUT2D eigenvalue weighted by Crippen LogP contribution is -2.13. The maximum Gasteiger partial charge on any atom is 0.225 e. The fourth-order valence-electron chi connectivity index (χ4n) is 1.64. The number of rotatable bonds is 5. The van der Waals surface area contributed by atoms with Crippen LogP contribution in [0.4, 0.5) is 18.9 Å². The summed E-state index contributed by atoms with van der Waals surface area (Å²) in [6, 6.07) is 7.83. The van der Waals surface area contributed by atoms with Crippen LogP contribution in [0.1, 0.15) is 6.42 Å². The van der Waals surface area contributed by atoms with Crippen LogP contribution in [-0.4, -0.2) is 11.7 Å². The van der Waals surface area contributed by atoms with E-state index < -0.39 is 23.4 Å². The molecule has 0 unspecified atom stereocenters. The summed E-state index contributed by atoms with van der Waals surface area (Å²) in [6.45, 7) is 0. The molecule has 2 nitrogen and oxygen atoms in total. The van der Waals surface area contributed by atoms with Crippen molar-refractivity contribution in [2.75, 3.05) is 11.1 Å². The Labute approximate surface area is 134 Å². The molecule has 0 saturated carbocycles. The van der Waals surface area contributed by atoms with Gasteiger partial charge < -0.3 is 5.32 Å². The zero-order valence-corrected chi connectivity index (χ0v) is 12.8. The zero-order valence-electron chi connectivity index (χ0n) is 11.2. The van der Waals surface area contributed by atoms with E-state index in [1.54, 1.807) is 0 Å². The third kappa shape index (κ3) is 4.42. The van der Waals surface area contributed by atoms with Crippen molar-refractivity contribution in [3.63, 3.8) is 0 Å². The molecule has 1 N–H and O–H groups in total. The van der Waals surface area contributed by atoms with Crippen LogP contribution >= 0.6 is 23.4 Å². The Morgan fingerprint density at radius 1 is 1.14 bits per heavy atom. The Balaban J connectivity index is 1.85. The second-order valence-electron chi connectivity index (χ2n) is 4.32. The van der Waals surface area contributed by atoms with E-state index in [4.69, 9.17) is 11.6 Å². The van der Waals surface area contributed by atoms with E-state index in [9.17, 15) is 18.0 Å². The van der Waals surface area contributed by atoms with Crippen LogP contribution in [0.3, 0.4) is 0 Å². The molecule has 0 heterocycles. The average molecular weight is 346 g/mol. The van der Waals surface area contributed by atoms with Crippen molar-refractivity contribution < 1.29 is 18.0 Å². The van der Waals surface area contributed by atoms with Gasteiger partial charge in [-0.15, -0.1) is 11.8 Å². The maximum absolute atomic E-state index is 13.6. The number of hydrogen-bond donors (Lipinski definition) is 1. The molecule has 0 spiro atoms. The summed E-state index contributed by atoms with van der Waals surface area (Å²) >= 11 is 6.81. The highest BCUT2D eigenvalue weighted by Gasteiger charge is 2.10. The Morgan fingerprint density at radius 3 is 2.64 bits per heavy atom. The fourth-order valence-corrected chi connectivity index (χ4v) is 2.69. The molecule has 0 bridgehead atoms. The van der Waals surface area contributed by atoms with Crippen molar-refractivity contribution in [1.29, 1.82) is 0 Å². The molecule has 2 rings (SSSR count). The second kappa shape index (κ2) is 7.56. The van der Waals surface area contributed by atoms with Crippen LogP contribution in [-0.2, 0) is 4.79 Å². The van der Waals surface area contributed by atoms with E-state index in [1.807, 2.05) is 0 Å². The molecule has 22 heavy (non-hydrogen) atoms. The Kier molecular flexibility index (Phi) is 5.74. The van der Waals surface area contributed by atoms with E-state index in [2.05, 4.69) is 5.32 Å². The molecule has 0 aromatic heterocycles. The highest BCUT2D eigenvalue weighted by atomic mass is 35.5. The first-order valence-electron chi connectivity index (χ1n) is 6.29. The summed E-state index contributed by atoms with van der Waals surface area (Å²) < 4.78 is 39.4. The van der Waals surface area contributed by atoms with Crippen molar-refractivity contribution >= 4 is 35.0 Å². The Bertz CT molecular complexity index is 696. The van der Waals surface area contributed by atoms with Crippen molar-refractivity contribution in [2.24, 2.45) is 0 Å². The second-order valence-corrected chi connectivity index (χ2v) is 5.90. The summed E-state index contributed by atoms with van der Waals surface area (Å²) in [6.07, 6.45) is 0.0929. The predicted octanol–water partition coefficient (Wildman–Crippen LogP) is 4.88.